The second-order valence-electron chi connectivity index (χ2n) is 7.23. The van der Waals surface area contributed by atoms with Gasteiger partial charge in [-0.1, -0.05) is 11.8 Å². The SMILES string of the molecule is C#CCn1cnc2c(N)nc(C#CCN3CCN(C(=O)N(C)C(C)C)CC3)nc21. The average Bonchev–Trinajstić information content (AvgIpc) is 3.11. The van der Waals surface area contributed by atoms with Crippen molar-refractivity contribution in [1.29, 1.82) is 0 Å². The molecule has 1 saturated heterocycles. The number of hydrogen-bond acceptors (Lipinski definition) is 6. The molecule has 0 unspecified atom stereocenters. The lowest BCUT2D eigenvalue weighted by atomic mass is 10.3. The molecule has 0 bridgehead atoms. The van der Waals surface area contributed by atoms with Crippen LogP contribution < -0.4 is 5.73 Å². The third-order valence-electron chi connectivity index (χ3n) is 4.97. The van der Waals surface area contributed by atoms with Gasteiger partial charge in [0.15, 0.2) is 11.5 Å². The summed E-state index contributed by atoms with van der Waals surface area (Å²) in [6.45, 7) is 7.90. The maximum atomic E-state index is 12.4. The van der Waals surface area contributed by atoms with Gasteiger partial charge in [0.25, 0.3) is 0 Å². The summed E-state index contributed by atoms with van der Waals surface area (Å²) in [6, 6.07) is 0.264. The molecule has 29 heavy (non-hydrogen) atoms. The van der Waals surface area contributed by atoms with E-state index in [-0.39, 0.29) is 17.9 Å². The molecule has 0 aliphatic carbocycles. The fourth-order valence-electron chi connectivity index (χ4n) is 3.01. The van der Waals surface area contributed by atoms with Crippen molar-refractivity contribution in [3.8, 4) is 24.2 Å². The maximum Gasteiger partial charge on any atom is 0.320 e. The van der Waals surface area contributed by atoms with E-state index in [9.17, 15) is 4.79 Å². The molecule has 9 heteroatoms. The van der Waals surface area contributed by atoms with E-state index in [2.05, 4.69) is 37.6 Å². The molecule has 2 aromatic rings. The molecule has 1 fully saturated rings. The summed E-state index contributed by atoms with van der Waals surface area (Å²) in [5, 5.41) is 0. The Balaban J connectivity index is 1.60. The Morgan fingerprint density at radius 3 is 2.66 bits per heavy atom. The number of nitrogens with two attached hydrogens (primary N) is 1. The van der Waals surface area contributed by atoms with Gasteiger partial charge in [-0.05, 0) is 19.8 Å². The number of hydrogen-bond donors (Lipinski definition) is 1. The largest absolute Gasteiger partial charge is 0.382 e. The first-order valence-corrected chi connectivity index (χ1v) is 9.55. The van der Waals surface area contributed by atoms with Crippen molar-refractivity contribution >= 4 is 23.0 Å². The number of amides is 2. The fraction of sp³-hybridized carbons (Fsp3) is 0.500. The Labute approximate surface area is 170 Å². The Morgan fingerprint density at radius 2 is 2.00 bits per heavy atom. The van der Waals surface area contributed by atoms with Crippen LogP contribution in [0.1, 0.15) is 19.7 Å². The Hall–Kier alpha value is -3.30. The highest BCUT2D eigenvalue weighted by Crippen LogP contribution is 2.15. The number of imidazole rings is 1. The molecule has 2 amide bonds. The predicted octanol–water partition coefficient (Wildman–Crippen LogP) is 0.471. The van der Waals surface area contributed by atoms with Crippen molar-refractivity contribution in [3.05, 3.63) is 12.2 Å². The summed E-state index contributed by atoms with van der Waals surface area (Å²) >= 11 is 0. The first kappa shape index (κ1) is 20.4. The highest BCUT2D eigenvalue weighted by Gasteiger charge is 2.24. The van der Waals surface area contributed by atoms with E-state index < -0.39 is 0 Å². The van der Waals surface area contributed by atoms with Crippen LogP contribution in [0, 0.1) is 24.2 Å². The van der Waals surface area contributed by atoms with Gasteiger partial charge in [-0.25, -0.2) is 19.7 Å². The molecule has 3 heterocycles. The second-order valence-corrected chi connectivity index (χ2v) is 7.23. The van der Waals surface area contributed by atoms with E-state index in [0.29, 0.717) is 43.2 Å². The van der Waals surface area contributed by atoms with Crippen LogP contribution in [-0.4, -0.2) is 86.1 Å². The standard InChI is InChI=1S/C20H26N8O/c1-5-8-28-14-22-17-18(21)23-16(24-19(17)28)7-6-9-26-10-12-27(13-11-26)20(29)25(4)15(2)3/h1,14-15H,8-13H2,2-4H3,(H2,21,23,24). The summed E-state index contributed by atoms with van der Waals surface area (Å²) in [4.78, 5) is 31.1. The number of carbonyl (C=O) groups excluding carboxylic acids is 1. The van der Waals surface area contributed by atoms with Crippen LogP contribution >= 0.6 is 0 Å². The molecule has 152 valence electrons. The predicted molar refractivity (Wildman–Crippen MR) is 112 cm³/mol. The molecule has 0 saturated carbocycles. The van der Waals surface area contributed by atoms with Gasteiger partial charge in [0, 0.05) is 39.3 Å². The molecule has 2 N–H and O–H groups in total. The normalized spacial score (nSPS) is 14.5. The summed E-state index contributed by atoms with van der Waals surface area (Å²) < 4.78 is 1.74. The molecule has 1 aliphatic rings. The molecule has 0 aromatic carbocycles. The molecular weight excluding hydrogens is 368 g/mol. The van der Waals surface area contributed by atoms with Gasteiger partial charge < -0.3 is 20.1 Å². The van der Waals surface area contributed by atoms with Crippen molar-refractivity contribution in [3.63, 3.8) is 0 Å². The lowest BCUT2D eigenvalue weighted by molar-refractivity contribution is 0.118. The highest BCUT2D eigenvalue weighted by atomic mass is 16.2. The van der Waals surface area contributed by atoms with Crippen LogP contribution in [0.3, 0.4) is 0 Å². The number of rotatable bonds is 3. The first-order valence-electron chi connectivity index (χ1n) is 9.55. The summed E-state index contributed by atoms with van der Waals surface area (Å²) in [7, 11) is 1.84. The maximum absolute atomic E-state index is 12.4. The van der Waals surface area contributed by atoms with Crippen LogP contribution in [0.25, 0.3) is 11.2 Å². The van der Waals surface area contributed by atoms with Gasteiger partial charge in [-0.3, -0.25) is 4.90 Å². The number of carbonyl (C=O) groups is 1. The van der Waals surface area contributed by atoms with Crippen LogP contribution in [0.5, 0.6) is 0 Å². The molecule has 3 rings (SSSR count). The van der Waals surface area contributed by atoms with Crippen molar-refractivity contribution in [2.75, 3.05) is 45.5 Å². The quantitative estimate of drug-likeness (QED) is 0.761. The summed E-state index contributed by atoms with van der Waals surface area (Å²) in [5.74, 6) is 9.28. The van der Waals surface area contributed by atoms with E-state index in [1.165, 1.54) is 0 Å². The number of anilines is 1. The molecule has 0 atom stereocenters. The number of nitrogens with zero attached hydrogens (tertiary/aromatic N) is 7. The minimum Gasteiger partial charge on any atom is -0.382 e. The lowest BCUT2D eigenvalue weighted by Gasteiger charge is -2.36. The number of terminal acetylenes is 1. The number of fused-ring (bicyclic) bond motifs is 1. The Morgan fingerprint density at radius 1 is 1.28 bits per heavy atom. The fourth-order valence-corrected chi connectivity index (χ4v) is 3.01. The van der Waals surface area contributed by atoms with Gasteiger partial charge in [0.1, 0.15) is 5.52 Å². The Bertz CT molecular complexity index is 986. The van der Waals surface area contributed by atoms with Gasteiger partial charge in [-0.2, -0.15) is 0 Å². The zero-order chi connectivity index (χ0) is 21.0. The van der Waals surface area contributed by atoms with Crippen LogP contribution in [0.2, 0.25) is 0 Å². The third-order valence-corrected chi connectivity index (χ3v) is 4.97. The van der Waals surface area contributed by atoms with Gasteiger partial charge in [-0.15, -0.1) is 6.42 Å². The van der Waals surface area contributed by atoms with Crippen molar-refractivity contribution in [1.82, 2.24) is 34.2 Å². The molecule has 1 aliphatic heterocycles. The highest BCUT2D eigenvalue weighted by molar-refractivity contribution is 5.82. The molecule has 0 spiro atoms. The van der Waals surface area contributed by atoms with E-state index in [0.717, 1.165) is 13.1 Å². The molecule has 9 nitrogen and oxygen atoms in total. The number of piperazine rings is 1. The van der Waals surface area contributed by atoms with Crippen molar-refractivity contribution < 1.29 is 4.79 Å². The zero-order valence-electron chi connectivity index (χ0n) is 17.1. The number of nitrogen functional groups attached to an aromatic ring is 1. The first-order chi connectivity index (χ1) is 13.9. The van der Waals surface area contributed by atoms with Crippen molar-refractivity contribution in [2.24, 2.45) is 0 Å². The smallest absolute Gasteiger partial charge is 0.320 e. The molecular formula is C20H26N8O. The topological polar surface area (TPSA) is 96.4 Å². The van der Waals surface area contributed by atoms with Gasteiger partial charge >= 0.3 is 6.03 Å². The van der Waals surface area contributed by atoms with E-state index >= 15 is 0 Å². The average molecular weight is 394 g/mol. The monoisotopic (exact) mass is 394 g/mol. The van der Waals surface area contributed by atoms with Crippen LogP contribution in [0.4, 0.5) is 10.6 Å². The Kier molecular flexibility index (Phi) is 6.20. The van der Waals surface area contributed by atoms with Crippen molar-refractivity contribution in [2.45, 2.75) is 26.4 Å². The molecule has 2 aromatic heterocycles. The zero-order valence-corrected chi connectivity index (χ0v) is 17.1. The number of urea groups is 1. The van der Waals surface area contributed by atoms with Gasteiger partial charge in [0.2, 0.25) is 5.82 Å². The van der Waals surface area contributed by atoms with Crippen LogP contribution in [0.15, 0.2) is 6.33 Å². The lowest BCUT2D eigenvalue weighted by Crippen LogP contribution is -2.53. The van der Waals surface area contributed by atoms with Crippen LogP contribution in [-0.2, 0) is 6.54 Å². The van der Waals surface area contributed by atoms with Gasteiger partial charge in [0.05, 0.1) is 19.4 Å². The second kappa shape index (κ2) is 8.80. The van der Waals surface area contributed by atoms with E-state index in [1.54, 1.807) is 15.8 Å². The molecule has 0 radical (unpaired) electrons. The third kappa shape index (κ3) is 4.58. The minimum absolute atomic E-state index is 0.0755. The van der Waals surface area contributed by atoms with E-state index in [1.807, 2.05) is 25.8 Å². The number of aromatic nitrogens is 4. The summed E-state index contributed by atoms with van der Waals surface area (Å²) in [6.07, 6.45) is 6.98. The minimum atomic E-state index is 0.0755. The summed E-state index contributed by atoms with van der Waals surface area (Å²) in [5.41, 5.74) is 7.08. The van der Waals surface area contributed by atoms with E-state index in [4.69, 9.17) is 12.2 Å².